The van der Waals surface area contributed by atoms with Gasteiger partial charge in [0, 0.05) is 37.2 Å². The van der Waals surface area contributed by atoms with Crippen LogP contribution in [-0.2, 0) is 9.53 Å². The Hall–Kier alpha value is -1.73. The van der Waals surface area contributed by atoms with Gasteiger partial charge in [-0.1, -0.05) is 15.9 Å². The van der Waals surface area contributed by atoms with Crippen molar-refractivity contribution in [3.63, 3.8) is 0 Å². The summed E-state index contributed by atoms with van der Waals surface area (Å²) in [4.78, 5) is 37.3. The summed E-state index contributed by atoms with van der Waals surface area (Å²) in [5, 5.41) is 2.75. The van der Waals surface area contributed by atoms with Crippen LogP contribution in [0.4, 0.5) is 0 Å². The van der Waals surface area contributed by atoms with Crippen molar-refractivity contribution < 1.29 is 19.1 Å². The van der Waals surface area contributed by atoms with E-state index < -0.39 is 0 Å². The number of nitrogens with zero attached hydrogens (tertiary/aromatic N) is 1. The molecule has 0 saturated heterocycles. The monoisotopic (exact) mass is 382 g/mol. The highest BCUT2D eigenvalue weighted by Gasteiger charge is 2.35. The molecule has 0 fully saturated rings. The van der Waals surface area contributed by atoms with Crippen molar-refractivity contribution in [3.8, 4) is 0 Å². The number of ether oxygens (including phenoxy) is 1. The predicted molar refractivity (Wildman–Crippen MR) is 88.2 cm³/mol. The Morgan fingerprint density at radius 2 is 2.00 bits per heavy atom. The number of carbonyl (C=O) groups is 3. The van der Waals surface area contributed by atoms with E-state index in [1.54, 1.807) is 18.2 Å². The summed E-state index contributed by atoms with van der Waals surface area (Å²) < 4.78 is 5.92. The Labute approximate surface area is 143 Å². The van der Waals surface area contributed by atoms with Gasteiger partial charge >= 0.3 is 0 Å². The SMILES string of the molecule is CCOCCCNC(=O)CCN1C(=O)c2ccc(Br)cc2C1=O. The van der Waals surface area contributed by atoms with E-state index >= 15 is 0 Å². The normalized spacial score (nSPS) is 13.4. The van der Waals surface area contributed by atoms with E-state index in [4.69, 9.17) is 4.74 Å². The average Bonchev–Trinajstić information content (AvgIpc) is 2.76. The molecule has 6 nitrogen and oxygen atoms in total. The Morgan fingerprint density at radius 1 is 1.26 bits per heavy atom. The largest absolute Gasteiger partial charge is 0.382 e. The van der Waals surface area contributed by atoms with Crippen LogP contribution in [0.2, 0.25) is 0 Å². The Kier molecular flexibility index (Phi) is 6.29. The zero-order chi connectivity index (χ0) is 16.8. The van der Waals surface area contributed by atoms with Gasteiger partial charge in [0.05, 0.1) is 11.1 Å². The van der Waals surface area contributed by atoms with Gasteiger partial charge < -0.3 is 10.1 Å². The molecule has 3 amide bonds. The minimum atomic E-state index is -0.351. The summed E-state index contributed by atoms with van der Waals surface area (Å²) in [5.41, 5.74) is 0.761. The molecule has 0 spiro atoms. The molecule has 7 heteroatoms. The van der Waals surface area contributed by atoms with E-state index in [0.29, 0.717) is 30.9 Å². The molecule has 1 N–H and O–H groups in total. The number of hydrogen-bond donors (Lipinski definition) is 1. The molecule has 0 aromatic heterocycles. The molecular weight excluding hydrogens is 364 g/mol. The molecule has 1 heterocycles. The highest BCUT2D eigenvalue weighted by atomic mass is 79.9. The van der Waals surface area contributed by atoms with Crippen molar-refractivity contribution in [1.82, 2.24) is 10.2 Å². The molecule has 1 aliphatic rings. The number of imide groups is 1. The van der Waals surface area contributed by atoms with Crippen molar-refractivity contribution in [2.24, 2.45) is 0 Å². The van der Waals surface area contributed by atoms with Gasteiger partial charge in [-0.25, -0.2) is 0 Å². The lowest BCUT2D eigenvalue weighted by Crippen LogP contribution is -2.35. The van der Waals surface area contributed by atoms with Crippen molar-refractivity contribution >= 4 is 33.7 Å². The molecule has 0 aliphatic carbocycles. The summed E-state index contributed by atoms with van der Waals surface area (Å²) in [5.74, 6) is -0.878. The number of amides is 3. The highest BCUT2D eigenvalue weighted by Crippen LogP contribution is 2.25. The minimum absolute atomic E-state index is 0.0846. The molecule has 1 aromatic rings. The Bertz CT molecular complexity index is 618. The van der Waals surface area contributed by atoms with Crippen molar-refractivity contribution in [2.45, 2.75) is 19.8 Å². The standard InChI is InChI=1S/C16H19BrN2O4/c1-2-23-9-3-7-18-14(20)6-8-19-15(21)12-5-4-11(17)10-13(12)16(19)22/h4-5,10H,2-3,6-9H2,1H3,(H,18,20). The van der Waals surface area contributed by atoms with Crippen LogP contribution in [0.15, 0.2) is 22.7 Å². The van der Waals surface area contributed by atoms with Crippen molar-refractivity contribution in [1.29, 1.82) is 0 Å². The average molecular weight is 383 g/mol. The number of rotatable bonds is 8. The molecule has 1 aliphatic heterocycles. The van der Waals surface area contributed by atoms with Crippen LogP contribution in [0.1, 0.15) is 40.5 Å². The fourth-order valence-electron chi connectivity index (χ4n) is 2.31. The van der Waals surface area contributed by atoms with E-state index in [2.05, 4.69) is 21.2 Å². The van der Waals surface area contributed by atoms with E-state index in [0.717, 1.165) is 15.8 Å². The second-order valence-electron chi connectivity index (χ2n) is 5.10. The molecular formula is C16H19BrN2O4. The van der Waals surface area contributed by atoms with Crippen LogP contribution in [0.5, 0.6) is 0 Å². The fraction of sp³-hybridized carbons (Fsp3) is 0.438. The van der Waals surface area contributed by atoms with Gasteiger partial charge in [-0.15, -0.1) is 0 Å². The van der Waals surface area contributed by atoms with Gasteiger partial charge in [0.15, 0.2) is 0 Å². The van der Waals surface area contributed by atoms with Crippen molar-refractivity contribution in [2.75, 3.05) is 26.3 Å². The second-order valence-corrected chi connectivity index (χ2v) is 6.02. The first kappa shape index (κ1) is 17.6. The molecule has 2 rings (SSSR count). The Morgan fingerprint density at radius 3 is 2.74 bits per heavy atom. The molecule has 0 radical (unpaired) electrons. The molecule has 0 atom stereocenters. The quantitative estimate of drug-likeness (QED) is 0.550. The van der Waals surface area contributed by atoms with Crippen LogP contribution < -0.4 is 5.32 Å². The van der Waals surface area contributed by atoms with Crippen LogP contribution in [0.3, 0.4) is 0 Å². The first-order chi connectivity index (χ1) is 11.0. The van der Waals surface area contributed by atoms with Gasteiger partial charge in [0.1, 0.15) is 0 Å². The van der Waals surface area contributed by atoms with Crippen molar-refractivity contribution in [3.05, 3.63) is 33.8 Å². The topological polar surface area (TPSA) is 75.7 Å². The maximum Gasteiger partial charge on any atom is 0.261 e. The van der Waals surface area contributed by atoms with Crippen LogP contribution in [0, 0.1) is 0 Å². The van der Waals surface area contributed by atoms with E-state index in [9.17, 15) is 14.4 Å². The summed E-state index contributed by atoms with van der Waals surface area (Å²) in [6.45, 7) is 3.78. The van der Waals surface area contributed by atoms with Crippen LogP contribution in [0.25, 0.3) is 0 Å². The van der Waals surface area contributed by atoms with Gasteiger partial charge in [-0.2, -0.15) is 0 Å². The van der Waals surface area contributed by atoms with Crippen LogP contribution in [-0.4, -0.2) is 48.9 Å². The van der Waals surface area contributed by atoms with E-state index in [-0.39, 0.29) is 30.7 Å². The van der Waals surface area contributed by atoms with Gasteiger partial charge in [0.25, 0.3) is 11.8 Å². The zero-order valence-corrected chi connectivity index (χ0v) is 14.5. The molecule has 0 bridgehead atoms. The number of fused-ring (bicyclic) bond motifs is 1. The zero-order valence-electron chi connectivity index (χ0n) is 12.9. The van der Waals surface area contributed by atoms with Gasteiger partial charge in [0.2, 0.25) is 5.91 Å². The maximum absolute atomic E-state index is 12.2. The molecule has 124 valence electrons. The number of benzene rings is 1. The van der Waals surface area contributed by atoms with Gasteiger partial charge in [-0.05, 0) is 31.5 Å². The summed E-state index contributed by atoms with van der Waals surface area (Å²) in [6, 6.07) is 4.97. The minimum Gasteiger partial charge on any atom is -0.382 e. The highest BCUT2D eigenvalue weighted by molar-refractivity contribution is 9.10. The third-order valence-electron chi connectivity index (χ3n) is 3.49. The summed E-state index contributed by atoms with van der Waals surface area (Å²) >= 11 is 3.28. The number of hydrogen-bond acceptors (Lipinski definition) is 4. The third-order valence-corrected chi connectivity index (χ3v) is 3.98. The maximum atomic E-state index is 12.2. The number of carbonyl (C=O) groups excluding carboxylic acids is 3. The van der Waals surface area contributed by atoms with E-state index in [1.807, 2.05) is 6.92 Å². The summed E-state index contributed by atoms with van der Waals surface area (Å²) in [7, 11) is 0. The predicted octanol–water partition coefficient (Wildman–Crippen LogP) is 1.98. The fourth-order valence-corrected chi connectivity index (χ4v) is 2.68. The third kappa shape index (κ3) is 4.39. The number of halogens is 1. The first-order valence-corrected chi connectivity index (χ1v) is 8.34. The Balaban J connectivity index is 1.82. The molecule has 1 aromatic carbocycles. The molecule has 23 heavy (non-hydrogen) atoms. The molecule has 0 unspecified atom stereocenters. The smallest absolute Gasteiger partial charge is 0.261 e. The van der Waals surface area contributed by atoms with Crippen LogP contribution >= 0.6 is 15.9 Å². The molecule has 0 saturated carbocycles. The lowest BCUT2D eigenvalue weighted by molar-refractivity contribution is -0.121. The van der Waals surface area contributed by atoms with E-state index in [1.165, 1.54) is 0 Å². The summed E-state index contributed by atoms with van der Waals surface area (Å²) in [6.07, 6.45) is 0.835. The number of nitrogens with one attached hydrogen (secondary N) is 1. The lowest BCUT2D eigenvalue weighted by Gasteiger charge is -2.13. The first-order valence-electron chi connectivity index (χ1n) is 7.54. The second kappa shape index (κ2) is 8.21. The van der Waals surface area contributed by atoms with Gasteiger partial charge in [-0.3, -0.25) is 19.3 Å². The lowest BCUT2D eigenvalue weighted by atomic mass is 10.1.